The highest BCUT2D eigenvalue weighted by Crippen LogP contribution is 2.23. The maximum absolute atomic E-state index is 11.4. The minimum Gasteiger partial charge on any atom is -0.283 e. The van der Waals surface area contributed by atoms with E-state index in [9.17, 15) is 9.59 Å². The lowest BCUT2D eigenvalue weighted by molar-refractivity contribution is -0.137. The zero-order chi connectivity index (χ0) is 8.72. The summed E-state index contributed by atoms with van der Waals surface area (Å²) in [6, 6.07) is 0. The van der Waals surface area contributed by atoms with Crippen molar-refractivity contribution in [2.24, 2.45) is 10.9 Å². The summed E-state index contributed by atoms with van der Waals surface area (Å²) in [5.41, 5.74) is 0.480. The van der Waals surface area contributed by atoms with Crippen LogP contribution < -0.4 is 0 Å². The Morgan fingerprint density at radius 1 is 1.50 bits per heavy atom. The lowest BCUT2D eigenvalue weighted by Gasteiger charge is -2.10. The number of hydrogen-bond acceptors (Lipinski definition) is 3. The number of amides is 2. The van der Waals surface area contributed by atoms with Crippen LogP contribution in [0.3, 0.4) is 0 Å². The lowest BCUT2D eigenvalue weighted by atomic mass is 9.97. The Morgan fingerprint density at radius 2 is 2.25 bits per heavy atom. The Balaban J connectivity index is 2.40. The number of rotatable bonds is 0. The van der Waals surface area contributed by atoms with Crippen LogP contribution in [0.15, 0.2) is 4.99 Å². The van der Waals surface area contributed by atoms with Gasteiger partial charge in [-0.05, 0) is 12.8 Å². The normalized spacial score (nSPS) is 28.9. The van der Waals surface area contributed by atoms with Gasteiger partial charge in [0, 0.05) is 13.6 Å². The molecule has 0 aromatic heterocycles. The minimum absolute atomic E-state index is 0.0848. The van der Waals surface area contributed by atoms with Crippen molar-refractivity contribution in [2.45, 2.75) is 12.8 Å². The van der Waals surface area contributed by atoms with Crippen molar-refractivity contribution < 1.29 is 9.59 Å². The lowest BCUT2D eigenvalue weighted by Crippen LogP contribution is -2.26. The SMILES string of the molecule is CN1C(=O)C2=NCCCC2C1=O. The fraction of sp³-hybridized carbons (Fsp3) is 0.625. The van der Waals surface area contributed by atoms with Gasteiger partial charge in [0.2, 0.25) is 5.91 Å². The molecule has 2 rings (SSSR count). The van der Waals surface area contributed by atoms with Gasteiger partial charge in [0.05, 0.1) is 5.92 Å². The molecule has 0 aromatic carbocycles. The highest BCUT2D eigenvalue weighted by molar-refractivity contribution is 6.50. The number of carbonyl (C=O) groups is 2. The number of fused-ring (bicyclic) bond motifs is 1. The molecule has 2 aliphatic rings. The average Bonchev–Trinajstić information content (AvgIpc) is 2.33. The fourth-order valence-corrected chi connectivity index (χ4v) is 1.70. The second-order valence-electron chi connectivity index (χ2n) is 3.16. The van der Waals surface area contributed by atoms with Gasteiger partial charge >= 0.3 is 0 Å². The van der Waals surface area contributed by atoms with Crippen LogP contribution in [0.25, 0.3) is 0 Å². The van der Waals surface area contributed by atoms with E-state index in [2.05, 4.69) is 4.99 Å². The van der Waals surface area contributed by atoms with Gasteiger partial charge in [-0.15, -0.1) is 0 Å². The van der Waals surface area contributed by atoms with E-state index in [-0.39, 0.29) is 17.7 Å². The Hall–Kier alpha value is -1.19. The standard InChI is InChI=1S/C8H10N2O2/c1-10-7(11)5-3-2-4-9-6(5)8(10)12/h5H,2-4H2,1H3. The molecule has 0 aromatic rings. The first-order chi connectivity index (χ1) is 5.72. The molecule has 1 fully saturated rings. The zero-order valence-electron chi connectivity index (χ0n) is 6.91. The van der Waals surface area contributed by atoms with Gasteiger partial charge in [0.25, 0.3) is 5.91 Å². The van der Waals surface area contributed by atoms with Gasteiger partial charge in [0.15, 0.2) is 0 Å². The first kappa shape index (κ1) is 7.46. The zero-order valence-corrected chi connectivity index (χ0v) is 6.91. The van der Waals surface area contributed by atoms with E-state index >= 15 is 0 Å². The van der Waals surface area contributed by atoms with Crippen LogP contribution in [0.2, 0.25) is 0 Å². The van der Waals surface area contributed by atoms with E-state index in [0.29, 0.717) is 12.3 Å². The fourth-order valence-electron chi connectivity index (χ4n) is 1.70. The summed E-state index contributed by atoms with van der Waals surface area (Å²) < 4.78 is 0. The van der Waals surface area contributed by atoms with Crippen molar-refractivity contribution >= 4 is 17.5 Å². The van der Waals surface area contributed by atoms with Crippen molar-refractivity contribution in [1.29, 1.82) is 0 Å². The maximum Gasteiger partial charge on any atom is 0.274 e. The number of aliphatic imine (C=N–C) groups is 1. The molecule has 0 saturated carbocycles. The number of carbonyl (C=O) groups excluding carboxylic acids is 2. The Morgan fingerprint density at radius 3 is 2.92 bits per heavy atom. The van der Waals surface area contributed by atoms with E-state index in [1.807, 2.05) is 0 Å². The summed E-state index contributed by atoms with van der Waals surface area (Å²) in [6.45, 7) is 0.693. The summed E-state index contributed by atoms with van der Waals surface area (Å²) in [5.74, 6) is -0.514. The summed E-state index contributed by atoms with van der Waals surface area (Å²) in [5, 5.41) is 0. The predicted molar refractivity (Wildman–Crippen MR) is 42.8 cm³/mol. The van der Waals surface area contributed by atoms with Crippen LogP contribution in [-0.4, -0.2) is 36.0 Å². The molecule has 4 nitrogen and oxygen atoms in total. The van der Waals surface area contributed by atoms with Gasteiger partial charge < -0.3 is 0 Å². The predicted octanol–water partition coefficient (Wildman–Crippen LogP) is -0.164. The molecule has 2 aliphatic heterocycles. The van der Waals surface area contributed by atoms with Gasteiger partial charge in [-0.25, -0.2) is 0 Å². The Labute approximate surface area is 70.3 Å². The molecule has 0 N–H and O–H groups in total. The van der Waals surface area contributed by atoms with E-state index in [0.717, 1.165) is 12.8 Å². The smallest absolute Gasteiger partial charge is 0.274 e. The third kappa shape index (κ3) is 0.807. The quantitative estimate of drug-likeness (QED) is 0.469. The van der Waals surface area contributed by atoms with Crippen LogP contribution in [0.1, 0.15) is 12.8 Å². The van der Waals surface area contributed by atoms with Gasteiger partial charge in [-0.3, -0.25) is 19.5 Å². The molecule has 0 aliphatic carbocycles. The molecule has 0 radical (unpaired) electrons. The van der Waals surface area contributed by atoms with E-state index < -0.39 is 0 Å². The van der Waals surface area contributed by atoms with Crippen LogP contribution in [0, 0.1) is 5.92 Å². The minimum atomic E-state index is -0.226. The van der Waals surface area contributed by atoms with Crippen molar-refractivity contribution in [3.63, 3.8) is 0 Å². The van der Waals surface area contributed by atoms with Gasteiger partial charge in [0.1, 0.15) is 5.71 Å². The highest BCUT2D eigenvalue weighted by atomic mass is 16.2. The molecule has 0 spiro atoms. The summed E-state index contributed by atoms with van der Waals surface area (Å²) in [4.78, 5) is 28.0. The molecule has 0 bridgehead atoms. The third-order valence-corrected chi connectivity index (χ3v) is 2.42. The first-order valence-electron chi connectivity index (χ1n) is 4.08. The third-order valence-electron chi connectivity index (χ3n) is 2.42. The molecule has 64 valence electrons. The van der Waals surface area contributed by atoms with E-state index in [1.54, 1.807) is 0 Å². The van der Waals surface area contributed by atoms with Gasteiger partial charge in [-0.1, -0.05) is 0 Å². The van der Waals surface area contributed by atoms with Crippen LogP contribution in [0.4, 0.5) is 0 Å². The van der Waals surface area contributed by atoms with E-state index in [1.165, 1.54) is 11.9 Å². The largest absolute Gasteiger partial charge is 0.283 e. The molecule has 12 heavy (non-hydrogen) atoms. The molecule has 1 saturated heterocycles. The Kier molecular flexibility index (Phi) is 1.49. The summed E-state index contributed by atoms with van der Waals surface area (Å²) >= 11 is 0. The van der Waals surface area contributed by atoms with Crippen molar-refractivity contribution in [3.05, 3.63) is 0 Å². The van der Waals surface area contributed by atoms with Crippen LogP contribution in [0.5, 0.6) is 0 Å². The van der Waals surface area contributed by atoms with Crippen molar-refractivity contribution in [3.8, 4) is 0 Å². The maximum atomic E-state index is 11.4. The van der Waals surface area contributed by atoms with Crippen molar-refractivity contribution in [2.75, 3.05) is 13.6 Å². The topological polar surface area (TPSA) is 49.7 Å². The summed E-state index contributed by atoms with van der Waals surface area (Å²) in [7, 11) is 1.52. The number of hydrogen-bond donors (Lipinski definition) is 0. The molecule has 2 amide bonds. The van der Waals surface area contributed by atoms with Crippen molar-refractivity contribution in [1.82, 2.24) is 4.90 Å². The van der Waals surface area contributed by atoms with Crippen LogP contribution >= 0.6 is 0 Å². The Bertz CT molecular complexity index is 283. The average molecular weight is 166 g/mol. The van der Waals surface area contributed by atoms with E-state index in [4.69, 9.17) is 0 Å². The molecular formula is C8H10N2O2. The second kappa shape index (κ2) is 2.40. The molecular weight excluding hydrogens is 156 g/mol. The highest BCUT2D eigenvalue weighted by Gasteiger charge is 2.43. The first-order valence-corrected chi connectivity index (χ1v) is 4.08. The molecule has 4 heteroatoms. The molecule has 2 heterocycles. The van der Waals surface area contributed by atoms with Crippen LogP contribution in [-0.2, 0) is 9.59 Å². The molecule has 1 atom stereocenters. The molecule has 1 unspecified atom stereocenters. The monoisotopic (exact) mass is 166 g/mol. The number of imide groups is 1. The summed E-state index contributed by atoms with van der Waals surface area (Å²) in [6.07, 6.45) is 1.70. The number of nitrogens with zero attached hydrogens (tertiary/aromatic N) is 2. The second-order valence-corrected chi connectivity index (χ2v) is 3.16. The van der Waals surface area contributed by atoms with Gasteiger partial charge in [-0.2, -0.15) is 0 Å². The number of likely N-dealkylation sites (tertiary alicyclic amines) is 1.